The highest BCUT2D eigenvalue weighted by atomic mass is 16.5. The van der Waals surface area contributed by atoms with Crippen LogP contribution in [0.1, 0.15) is 34.1 Å². The Morgan fingerprint density at radius 1 is 1.00 bits per heavy atom. The molecule has 2 amide bonds. The van der Waals surface area contributed by atoms with Crippen molar-refractivity contribution in [2.45, 2.75) is 12.5 Å². The first-order chi connectivity index (χ1) is 17.5. The predicted octanol–water partition coefficient (Wildman–Crippen LogP) is 3.76. The van der Waals surface area contributed by atoms with Crippen molar-refractivity contribution in [2.75, 3.05) is 41.0 Å². The van der Waals surface area contributed by atoms with Gasteiger partial charge in [-0.25, -0.2) is 5.01 Å². The van der Waals surface area contributed by atoms with Crippen LogP contribution in [-0.2, 0) is 9.53 Å². The highest BCUT2D eigenvalue weighted by molar-refractivity contribution is 6.03. The Balaban J connectivity index is 1.62. The molecule has 188 valence electrons. The number of hydrazone groups is 1. The van der Waals surface area contributed by atoms with Gasteiger partial charge in [-0.3, -0.25) is 9.59 Å². The smallest absolute Gasteiger partial charge is 0.290 e. The van der Waals surface area contributed by atoms with E-state index in [9.17, 15) is 9.59 Å². The van der Waals surface area contributed by atoms with Crippen LogP contribution in [0.5, 0.6) is 11.5 Å². The fourth-order valence-corrected chi connectivity index (χ4v) is 4.03. The van der Waals surface area contributed by atoms with E-state index in [2.05, 4.69) is 0 Å². The van der Waals surface area contributed by atoms with Crippen LogP contribution in [0.25, 0.3) is 0 Å². The van der Waals surface area contributed by atoms with Gasteiger partial charge in [-0.2, -0.15) is 5.10 Å². The largest absolute Gasteiger partial charge is 0.497 e. The first kappa shape index (κ1) is 25.0. The van der Waals surface area contributed by atoms with Crippen LogP contribution in [-0.4, -0.2) is 68.5 Å². The van der Waals surface area contributed by atoms with Crippen molar-refractivity contribution in [1.29, 1.82) is 0 Å². The Morgan fingerprint density at radius 2 is 1.67 bits per heavy atom. The van der Waals surface area contributed by atoms with E-state index in [0.717, 1.165) is 28.3 Å². The zero-order valence-electron chi connectivity index (χ0n) is 20.5. The summed E-state index contributed by atoms with van der Waals surface area (Å²) in [6.45, 7) is 0.342. The Bertz CT molecular complexity index is 1190. The minimum atomic E-state index is -0.384. The van der Waals surface area contributed by atoms with E-state index < -0.39 is 0 Å². The summed E-state index contributed by atoms with van der Waals surface area (Å²) >= 11 is 0. The average molecular weight is 492 g/mol. The molecule has 2 aromatic carbocycles. The van der Waals surface area contributed by atoms with Gasteiger partial charge in [0.1, 0.15) is 18.0 Å². The molecule has 2 heterocycles. The number of rotatable bonds is 10. The molecule has 0 saturated carbocycles. The van der Waals surface area contributed by atoms with Crippen molar-refractivity contribution in [1.82, 2.24) is 9.91 Å². The summed E-state index contributed by atoms with van der Waals surface area (Å²) in [5.74, 6) is 0.928. The first-order valence-electron chi connectivity index (χ1n) is 11.5. The number of carbonyl (C=O) groups excluding carboxylic acids is 2. The molecule has 1 aliphatic rings. The Hall–Kier alpha value is -4.11. The maximum Gasteiger partial charge on any atom is 0.290 e. The standard InChI is InChI=1S/C27H29N3O6/c1-33-16-14-29(27(32)25-5-4-15-36-25)18-26(31)30-24(20-8-12-22(35-3)13-9-20)17-23(28-30)19-6-10-21(34-2)11-7-19/h4-13,15,24H,14,16-18H2,1-3H3/t24-/m0/s1. The summed E-state index contributed by atoms with van der Waals surface area (Å²) < 4.78 is 21.0. The molecule has 0 spiro atoms. The van der Waals surface area contributed by atoms with Crippen LogP contribution in [0.3, 0.4) is 0 Å². The number of hydrogen-bond acceptors (Lipinski definition) is 7. The lowest BCUT2D eigenvalue weighted by Crippen LogP contribution is -2.42. The molecule has 0 aliphatic carbocycles. The number of nitrogens with zero attached hydrogens (tertiary/aromatic N) is 3. The lowest BCUT2D eigenvalue weighted by atomic mass is 9.98. The molecule has 0 N–H and O–H groups in total. The summed E-state index contributed by atoms with van der Waals surface area (Å²) in [7, 11) is 4.76. The second kappa shape index (κ2) is 11.5. The van der Waals surface area contributed by atoms with Gasteiger partial charge in [0.2, 0.25) is 0 Å². The van der Waals surface area contributed by atoms with Gasteiger partial charge in [0, 0.05) is 20.1 Å². The summed E-state index contributed by atoms with van der Waals surface area (Å²) in [6, 6.07) is 18.0. The van der Waals surface area contributed by atoms with Crippen molar-refractivity contribution in [3.05, 3.63) is 83.8 Å². The van der Waals surface area contributed by atoms with E-state index in [1.807, 2.05) is 48.5 Å². The van der Waals surface area contributed by atoms with Crippen LogP contribution in [0.15, 0.2) is 76.4 Å². The quantitative estimate of drug-likeness (QED) is 0.429. The normalized spacial score (nSPS) is 14.9. The molecular formula is C27H29N3O6. The molecule has 1 aliphatic heterocycles. The fourth-order valence-electron chi connectivity index (χ4n) is 4.03. The molecule has 3 aromatic rings. The van der Waals surface area contributed by atoms with Crippen molar-refractivity contribution >= 4 is 17.5 Å². The second-order valence-corrected chi connectivity index (χ2v) is 8.20. The number of hydrogen-bond donors (Lipinski definition) is 0. The van der Waals surface area contributed by atoms with Crippen LogP contribution in [0, 0.1) is 0 Å². The molecular weight excluding hydrogens is 462 g/mol. The van der Waals surface area contributed by atoms with Gasteiger partial charge in [0.15, 0.2) is 5.76 Å². The minimum Gasteiger partial charge on any atom is -0.497 e. The zero-order chi connectivity index (χ0) is 25.5. The summed E-state index contributed by atoms with van der Waals surface area (Å²) in [4.78, 5) is 28.0. The Morgan fingerprint density at radius 3 is 2.25 bits per heavy atom. The van der Waals surface area contributed by atoms with Crippen LogP contribution >= 0.6 is 0 Å². The number of amides is 2. The van der Waals surface area contributed by atoms with Gasteiger partial charge in [-0.05, 0) is 59.7 Å². The summed E-state index contributed by atoms with van der Waals surface area (Å²) in [6.07, 6.45) is 1.95. The van der Waals surface area contributed by atoms with Crippen molar-refractivity contribution in [2.24, 2.45) is 5.10 Å². The Labute approximate surface area is 209 Å². The molecule has 0 unspecified atom stereocenters. The lowest BCUT2D eigenvalue weighted by molar-refractivity contribution is -0.133. The molecule has 9 nitrogen and oxygen atoms in total. The second-order valence-electron chi connectivity index (χ2n) is 8.20. The predicted molar refractivity (Wildman–Crippen MR) is 133 cm³/mol. The highest BCUT2D eigenvalue weighted by Gasteiger charge is 2.34. The van der Waals surface area contributed by atoms with Gasteiger partial charge in [0.05, 0.1) is 38.8 Å². The minimum absolute atomic E-state index is 0.162. The molecule has 0 saturated heterocycles. The molecule has 0 radical (unpaired) electrons. The molecule has 9 heteroatoms. The molecule has 1 aromatic heterocycles. The fraction of sp³-hybridized carbons (Fsp3) is 0.296. The van der Waals surface area contributed by atoms with Crippen LogP contribution < -0.4 is 9.47 Å². The number of benzene rings is 2. The first-order valence-corrected chi connectivity index (χ1v) is 11.5. The number of carbonyl (C=O) groups is 2. The summed E-state index contributed by atoms with van der Waals surface area (Å²) in [5, 5.41) is 6.17. The monoisotopic (exact) mass is 491 g/mol. The maximum atomic E-state index is 13.6. The number of furan rings is 1. The van der Waals surface area contributed by atoms with Crippen molar-refractivity contribution < 1.29 is 28.2 Å². The average Bonchev–Trinajstić information content (AvgIpc) is 3.62. The van der Waals surface area contributed by atoms with Gasteiger partial charge < -0.3 is 23.5 Å². The van der Waals surface area contributed by atoms with E-state index in [4.69, 9.17) is 23.7 Å². The zero-order valence-corrected chi connectivity index (χ0v) is 20.5. The third-order valence-electron chi connectivity index (χ3n) is 6.00. The van der Waals surface area contributed by atoms with Gasteiger partial charge in [0.25, 0.3) is 11.8 Å². The highest BCUT2D eigenvalue weighted by Crippen LogP contribution is 2.34. The maximum absolute atomic E-state index is 13.6. The lowest BCUT2D eigenvalue weighted by Gasteiger charge is -2.26. The molecule has 36 heavy (non-hydrogen) atoms. The molecule has 0 fully saturated rings. The number of methoxy groups -OCH3 is 3. The number of ether oxygens (including phenoxy) is 3. The van der Waals surface area contributed by atoms with Gasteiger partial charge in [-0.1, -0.05) is 12.1 Å². The molecule has 4 rings (SSSR count). The van der Waals surface area contributed by atoms with Crippen LogP contribution in [0.4, 0.5) is 0 Å². The SMILES string of the molecule is COCCN(CC(=O)N1N=C(c2ccc(OC)cc2)C[C@H]1c1ccc(OC)cc1)C(=O)c1ccco1. The van der Waals surface area contributed by atoms with Crippen molar-refractivity contribution in [3.8, 4) is 11.5 Å². The van der Waals surface area contributed by atoms with Gasteiger partial charge >= 0.3 is 0 Å². The van der Waals surface area contributed by atoms with E-state index in [1.54, 1.807) is 33.5 Å². The van der Waals surface area contributed by atoms with E-state index in [1.165, 1.54) is 16.2 Å². The van der Waals surface area contributed by atoms with E-state index in [-0.39, 0.29) is 43.3 Å². The third-order valence-corrected chi connectivity index (χ3v) is 6.00. The van der Waals surface area contributed by atoms with E-state index >= 15 is 0 Å². The third kappa shape index (κ3) is 5.58. The van der Waals surface area contributed by atoms with Gasteiger partial charge in [-0.15, -0.1) is 0 Å². The topological polar surface area (TPSA) is 93.8 Å². The van der Waals surface area contributed by atoms with Crippen molar-refractivity contribution in [3.63, 3.8) is 0 Å². The molecule has 1 atom stereocenters. The molecule has 0 bridgehead atoms. The Kier molecular flexibility index (Phi) is 8.02. The van der Waals surface area contributed by atoms with Crippen LogP contribution in [0.2, 0.25) is 0 Å². The van der Waals surface area contributed by atoms with E-state index in [0.29, 0.717) is 6.42 Å². The summed E-state index contributed by atoms with van der Waals surface area (Å²) in [5.41, 5.74) is 2.58.